The van der Waals surface area contributed by atoms with Crippen LogP contribution in [0.15, 0.2) is 42.5 Å². The van der Waals surface area contributed by atoms with Gasteiger partial charge >= 0.3 is 11.8 Å². The minimum absolute atomic E-state index is 0.0606. The molecule has 0 aliphatic carbocycles. The zero-order valence-electron chi connectivity index (χ0n) is 18.8. The van der Waals surface area contributed by atoms with Crippen LogP contribution in [0.5, 0.6) is 0 Å². The molecule has 2 aliphatic rings. The summed E-state index contributed by atoms with van der Waals surface area (Å²) < 4.78 is 5.52. The number of aryl methyl sites for hydroxylation is 1. The molecule has 1 atom stereocenters. The van der Waals surface area contributed by atoms with E-state index < -0.39 is 11.8 Å². The fourth-order valence-electron chi connectivity index (χ4n) is 4.50. The van der Waals surface area contributed by atoms with Crippen LogP contribution in [-0.4, -0.2) is 63.2 Å². The molecule has 2 amide bonds. The fourth-order valence-corrected chi connectivity index (χ4v) is 4.50. The average molecular weight is 448 g/mol. The van der Waals surface area contributed by atoms with E-state index in [4.69, 9.17) is 4.74 Å². The number of anilines is 2. The summed E-state index contributed by atoms with van der Waals surface area (Å²) in [6.07, 6.45) is 2.16. The molecule has 0 bridgehead atoms. The second kappa shape index (κ2) is 10.5. The zero-order valence-corrected chi connectivity index (χ0v) is 18.8. The van der Waals surface area contributed by atoms with Gasteiger partial charge in [-0.1, -0.05) is 24.3 Å². The summed E-state index contributed by atoms with van der Waals surface area (Å²) in [4.78, 5) is 29.6. The molecule has 2 heterocycles. The van der Waals surface area contributed by atoms with Crippen molar-refractivity contribution in [3.63, 3.8) is 0 Å². The number of amides is 2. The topological polar surface area (TPSA) is 97.7 Å². The number of hydrogen-bond donors (Lipinski definition) is 2. The second-order valence-electron chi connectivity index (χ2n) is 8.40. The highest BCUT2D eigenvalue weighted by molar-refractivity contribution is 6.39. The molecule has 2 aromatic carbocycles. The first-order chi connectivity index (χ1) is 16.1. The summed E-state index contributed by atoms with van der Waals surface area (Å²) in [7, 11) is 2.11. The zero-order chi connectivity index (χ0) is 23.2. The van der Waals surface area contributed by atoms with Crippen LogP contribution >= 0.6 is 0 Å². The number of nitrogens with one attached hydrogen (secondary N) is 2. The molecule has 2 aromatic rings. The predicted octanol–water partition coefficient (Wildman–Crippen LogP) is 2.07. The van der Waals surface area contributed by atoms with Gasteiger partial charge in [-0.15, -0.1) is 0 Å². The third-order valence-corrected chi connectivity index (χ3v) is 6.28. The van der Waals surface area contributed by atoms with Gasteiger partial charge in [-0.25, -0.2) is 0 Å². The fraction of sp³-hybridized carbons (Fsp3) is 0.400. The van der Waals surface area contributed by atoms with E-state index in [0.29, 0.717) is 31.0 Å². The molecule has 0 spiro atoms. The summed E-state index contributed by atoms with van der Waals surface area (Å²) in [5.74, 6) is -1.51. The summed E-state index contributed by atoms with van der Waals surface area (Å²) in [6.45, 7) is 4.17. The van der Waals surface area contributed by atoms with Crippen LogP contribution in [0.4, 0.5) is 11.4 Å². The smallest absolute Gasteiger partial charge is 0.313 e. The highest BCUT2D eigenvalue weighted by Crippen LogP contribution is 2.31. The van der Waals surface area contributed by atoms with Crippen molar-refractivity contribution in [2.45, 2.75) is 18.9 Å². The third-order valence-electron chi connectivity index (χ3n) is 6.28. The van der Waals surface area contributed by atoms with Crippen LogP contribution in [-0.2, 0) is 20.7 Å². The molecule has 0 radical (unpaired) electrons. The monoisotopic (exact) mass is 447 g/mol. The van der Waals surface area contributed by atoms with Crippen molar-refractivity contribution < 1.29 is 14.3 Å². The maximum Gasteiger partial charge on any atom is 0.313 e. The van der Waals surface area contributed by atoms with Gasteiger partial charge in [-0.3, -0.25) is 14.5 Å². The number of nitrogens with zero attached hydrogens (tertiary/aromatic N) is 3. The molecule has 4 rings (SSSR count). The number of fused-ring (bicyclic) bond motifs is 1. The van der Waals surface area contributed by atoms with E-state index in [1.54, 1.807) is 24.3 Å². The number of hydrogen-bond acceptors (Lipinski definition) is 6. The number of nitriles is 1. The Kier molecular flexibility index (Phi) is 7.23. The second-order valence-corrected chi connectivity index (χ2v) is 8.40. The first-order valence-corrected chi connectivity index (χ1v) is 11.3. The summed E-state index contributed by atoms with van der Waals surface area (Å²) >= 11 is 0. The lowest BCUT2D eigenvalue weighted by atomic mass is 9.95. The number of carbonyl (C=O) groups excluding carboxylic acids is 2. The van der Waals surface area contributed by atoms with Crippen molar-refractivity contribution in [3.05, 3.63) is 59.2 Å². The average Bonchev–Trinajstić information content (AvgIpc) is 2.85. The van der Waals surface area contributed by atoms with Gasteiger partial charge in [-0.05, 0) is 42.2 Å². The Balaban J connectivity index is 1.47. The van der Waals surface area contributed by atoms with Crippen molar-refractivity contribution in [2.75, 3.05) is 56.7 Å². The first kappa shape index (κ1) is 22.8. The highest BCUT2D eigenvalue weighted by atomic mass is 16.5. The number of rotatable bonds is 5. The Morgan fingerprint density at radius 3 is 2.70 bits per heavy atom. The Bertz CT molecular complexity index is 1060. The highest BCUT2D eigenvalue weighted by Gasteiger charge is 2.26. The van der Waals surface area contributed by atoms with Crippen LogP contribution in [0.1, 0.15) is 29.2 Å². The van der Waals surface area contributed by atoms with Gasteiger partial charge in [0.05, 0.1) is 30.5 Å². The van der Waals surface area contributed by atoms with Crippen LogP contribution in [0.3, 0.4) is 0 Å². The molecule has 1 fully saturated rings. The number of carbonyl (C=O) groups is 2. The summed E-state index contributed by atoms with van der Waals surface area (Å²) in [5.41, 5.74) is 4.33. The van der Waals surface area contributed by atoms with Gasteiger partial charge in [0, 0.05) is 38.9 Å². The molecule has 172 valence electrons. The van der Waals surface area contributed by atoms with Gasteiger partial charge in [0.1, 0.15) is 6.07 Å². The lowest BCUT2D eigenvalue weighted by Crippen LogP contribution is -2.45. The minimum atomic E-state index is -0.787. The van der Waals surface area contributed by atoms with Crippen LogP contribution in [0, 0.1) is 11.3 Å². The Morgan fingerprint density at radius 2 is 1.91 bits per heavy atom. The van der Waals surface area contributed by atoms with Gasteiger partial charge in [-0.2, -0.15) is 5.26 Å². The molecule has 2 N–H and O–H groups in total. The molecule has 0 unspecified atom stereocenters. The number of ether oxygens (including phenoxy) is 1. The maximum absolute atomic E-state index is 12.6. The molecule has 8 nitrogen and oxygen atoms in total. The number of para-hydroxylation sites is 1. The number of benzene rings is 2. The standard InChI is InChI=1S/C25H29N5O3/c1-29-10-4-6-18-15-19(8-9-22(18)29)23(30-11-13-33-14-12-30)17-27-24(31)25(32)28-21-7-3-2-5-20(21)16-26/h2-3,5,7-9,15,23H,4,6,10-14,17H2,1H3,(H,27,31)(H,28,32)/t23-/m1/s1. The largest absolute Gasteiger partial charge is 0.379 e. The molecule has 1 saturated heterocycles. The van der Waals surface area contributed by atoms with E-state index >= 15 is 0 Å². The van der Waals surface area contributed by atoms with Crippen molar-refractivity contribution in [1.82, 2.24) is 10.2 Å². The van der Waals surface area contributed by atoms with Crippen LogP contribution in [0.25, 0.3) is 0 Å². The summed E-state index contributed by atoms with van der Waals surface area (Å²) in [6, 6.07) is 15.1. The van der Waals surface area contributed by atoms with Crippen LogP contribution < -0.4 is 15.5 Å². The Labute approximate surface area is 194 Å². The Hall–Kier alpha value is -3.41. The van der Waals surface area contributed by atoms with E-state index in [9.17, 15) is 14.9 Å². The summed E-state index contributed by atoms with van der Waals surface area (Å²) in [5, 5.41) is 14.5. The van der Waals surface area contributed by atoms with E-state index in [1.807, 2.05) is 6.07 Å². The predicted molar refractivity (Wildman–Crippen MR) is 126 cm³/mol. The lowest BCUT2D eigenvalue weighted by molar-refractivity contribution is -0.136. The molecule has 2 aliphatic heterocycles. The van der Waals surface area contributed by atoms with Crippen molar-refractivity contribution in [3.8, 4) is 6.07 Å². The van der Waals surface area contributed by atoms with E-state index in [1.165, 1.54) is 11.3 Å². The maximum atomic E-state index is 12.6. The minimum Gasteiger partial charge on any atom is -0.379 e. The lowest BCUT2D eigenvalue weighted by Gasteiger charge is -2.36. The van der Waals surface area contributed by atoms with Crippen LogP contribution in [0.2, 0.25) is 0 Å². The molecule has 0 saturated carbocycles. The van der Waals surface area contributed by atoms with Gasteiger partial charge < -0.3 is 20.3 Å². The SMILES string of the molecule is CN1CCCc2cc([C@@H](CNC(=O)C(=O)Nc3ccccc3C#N)N3CCOCC3)ccc21. The normalized spacial score (nSPS) is 16.9. The van der Waals surface area contributed by atoms with E-state index in [0.717, 1.165) is 38.0 Å². The van der Waals surface area contributed by atoms with Crippen molar-refractivity contribution in [2.24, 2.45) is 0 Å². The quantitative estimate of drug-likeness (QED) is 0.681. The third kappa shape index (κ3) is 5.33. The molecule has 0 aromatic heterocycles. The van der Waals surface area contributed by atoms with Crippen molar-refractivity contribution in [1.29, 1.82) is 5.26 Å². The first-order valence-electron chi connectivity index (χ1n) is 11.3. The molecular formula is C25H29N5O3. The Morgan fingerprint density at radius 1 is 1.12 bits per heavy atom. The molecule has 8 heteroatoms. The molecule has 33 heavy (non-hydrogen) atoms. The number of morpholine rings is 1. The van der Waals surface area contributed by atoms with Gasteiger partial charge in [0.2, 0.25) is 0 Å². The van der Waals surface area contributed by atoms with Gasteiger partial charge in [0.25, 0.3) is 0 Å². The van der Waals surface area contributed by atoms with E-state index in [-0.39, 0.29) is 6.04 Å². The molecular weight excluding hydrogens is 418 g/mol. The van der Waals surface area contributed by atoms with Crippen molar-refractivity contribution >= 4 is 23.2 Å². The van der Waals surface area contributed by atoms with Gasteiger partial charge in [0.15, 0.2) is 0 Å². The van der Waals surface area contributed by atoms with E-state index in [2.05, 4.69) is 45.7 Å².